The molecule has 0 aliphatic carbocycles. The van der Waals surface area contributed by atoms with Gasteiger partial charge in [-0.1, -0.05) is 42.5 Å². The van der Waals surface area contributed by atoms with Crippen molar-refractivity contribution in [1.82, 2.24) is 0 Å². The maximum absolute atomic E-state index is 13.6. The van der Waals surface area contributed by atoms with Crippen LogP contribution in [0.4, 0.5) is 14.5 Å². The van der Waals surface area contributed by atoms with Gasteiger partial charge in [0, 0.05) is 17.2 Å². The van der Waals surface area contributed by atoms with Crippen LogP contribution in [0.1, 0.15) is 33.2 Å². The fourth-order valence-electron chi connectivity index (χ4n) is 2.62. The zero-order chi connectivity index (χ0) is 21.7. The van der Waals surface area contributed by atoms with E-state index in [1.54, 1.807) is 30.3 Å². The first-order valence-electron chi connectivity index (χ1n) is 9.02. The number of hydrogen-bond donors (Lipinski definition) is 1. The highest BCUT2D eigenvalue weighted by Gasteiger charge is 2.20. The van der Waals surface area contributed by atoms with Crippen LogP contribution in [0.15, 0.2) is 72.8 Å². The first-order chi connectivity index (χ1) is 14.3. The largest absolute Gasteiger partial charge is 0.449 e. The van der Waals surface area contributed by atoms with Gasteiger partial charge in [-0.2, -0.15) is 0 Å². The Morgan fingerprint density at radius 1 is 0.833 bits per heavy atom. The Morgan fingerprint density at radius 3 is 2.07 bits per heavy atom. The topological polar surface area (TPSA) is 72.5 Å². The molecule has 0 aromatic heterocycles. The fraction of sp³-hybridized carbons (Fsp3) is 0.0870. The molecule has 1 N–H and O–H groups in total. The van der Waals surface area contributed by atoms with Crippen molar-refractivity contribution >= 4 is 23.3 Å². The second-order valence-corrected chi connectivity index (χ2v) is 6.43. The zero-order valence-electron chi connectivity index (χ0n) is 15.9. The van der Waals surface area contributed by atoms with Gasteiger partial charge in [0.2, 0.25) is 0 Å². The average molecular weight is 409 g/mol. The van der Waals surface area contributed by atoms with Crippen LogP contribution in [0.3, 0.4) is 0 Å². The SMILES string of the molecule is C[C@H](OC(=O)c1ccc(C(=O)c2ccccc2)cc1)C(=O)Nc1ccc(F)cc1F. The average Bonchev–Trinajstić information content (AvgIpc) is 2.75. The molecule has 0 aliphatic heterocycles. The van der Waals surface area contributed by atoms with Gasteiger partial charge in [0.25, 0.3) is 5.91 Å². The van der Waals surface area contributed by atoms with E-state index >= 15 is 0 Å². The van der Waals surface area contributed by atoms with E-state index in [4.69, 9.17) is 4.74 Å². The second kappa shape index (κ2) is 9.09. The number of halogens is 2. The molecule has 1 amide bonds. The lowest BCUT2D eigenvalue weighted by Gasteiger charge is -2.14. The molecule has 0 heterocycles. The highest BCUT2D eigenvalue weighted by atomic mass is 19.1. The Morgan fingerprint density at radius 2 is 1.43 bits per heavy atom. The summed E-state index contributed by atoms with van der Waals surface area (Å²) in [5, 5.41) is 2.23. The first kappa shape index (κ1) is 20.9. The molecule has 7 heteroatoms. The number of hydrogen-bond acceptors (Lipinski definition) is 4. The van der Waals surface area contributed by atoms with Crippen molar-refractivity contribution in [1.29, 1.82) is 0 Å². The minimum Gasteiger partial charge on any atom is -0.449 e. The van der Waals surface area contributed by atoms with Gasteiger partial charge in [0.15, 0.2) is 11.9 Å². The molecule has 0 radical (unpaired) electrons. The highest BCUT2D eigenvalue weighted by Crippen LogP contribution is 2.16. The third kappa shape index (κ3) is 4.94. The number of esters is 1. The minimum absolute atomic E-state index is 0.146. The van der Waals surface area contributed by atoms with E-state index in [1.165, 1.54) is 31.2 Å². The quantitative estimate of drug-likeness (QED) is 0.484. The fourth-order valence-corrected chi connectivity index (χ4v) is 2.62. The summed E-state index contributed by atoms with van der Waals surface area (Å²) in [5.41, 5.74) is 0.835. The first-order valence-corrected chi connectivity index (χ1v) is 9.02. The summed E-state index contributed by atoms with van der Waals surface area (Å²) in [6.45, 7) is 1.32. The predicted octanol–water partition coefficient (Wildman–Crippen LogP) is 4.38. The molecule has 0 saturated carbocycles. The number of nitrogens with one attached hydrogen (secondary N) is 1. The number of carbonyl (C=O) groups is 3. The predicted molar refractivity (Wildman–Crippen MR) is 106 cm³/mol. The van der Waals surface area contributed by atoms with Crippen molar-refractivity contribution in [3.05, 3.63) is 101 Å². The standard InChI is InChI=1S/C23H17F2NO4/c1-14(22(28)26-20-12-11-18(24)13-19(20)25)30-23(29)17-9-7-16(8-10-17)21(27)15-5-3-2-4-6-15/h2-14H,1H3,(H,26,28)/t14-/m0/s1. The summed E-state index contributed by atoms with van der Waals surface area (Å²) in [4.78, 5) is 36.8. The molecule has 1 atom stereocenters. The molecular weight excluding hydrogens is 392 g/mol. The van der Waals surface area contributed by atoms with Crippen LogP contribution in [-0.2, 0) is 9.53 Å². The molecule has 3 aromatic carbocycles. The summed E-state index contributed by atoms with van der Waals surface area (Å²) < 4.78 is 31.7. The molecule has 3 rings (SSSR count). The Kier molecular flexibility index (Phi) is 6.32. The Hall–Kier alpha value is -3.87. The lowest BCUT2D eigenvalue weighted by Crippen LogP contribution is -2.30. The Bertz CT molecular complexity index is 1080. The van der Waals surface area contributed by atoms with Crippen molar-refractivity contribution < 1.29 is 27.9 Å². The maximum Gasteiger partial charge on any atom is 0.338 e. The molecule has 0 bridgehead atoms. The number of ether oxygens (including phenoxy) is 1. The van der Waals surface area contributed by atoms with Crippen molar-refractivity contribution in [3.8, 4) is 0 Å². The van der Waals surface area contributed by atoms with E-state index in [1.807, 2.05) is 0 Å². The molecule has 0 unspecified atom stereocenters. The molecule has 152 valence electrons. The number of ketones is 1. The number of anilines is 1. The van der Waals surface area contributed by atoms with Gasteiger partial charge in [-0.15, -0.1) is 0 Å². The Labute approximate surface area is 171 Å². The highest BCUT2D eigenvalue weighted by molar-refractivity contribution is 6.09. The van der Waals surface area contributed by atoms with Gasteiger partial charge < -0.3 is 10.1 Å². The molecule has 0 saturated heterocycles. The van der Waals surface area contributed by atoms with Crippen LogP contribution in [0.2, 0.25) is 0 Å². The number of rotatable bonds is 6. The molecule has 0 aliphatic rings. The summed E-state index contributed by atoms with van der Waals surface area (Å²) in [6, 6.07) is 17.2. The second-order valence-electron chi connectivity index (χ2n) is 6.43. The molecule has 3 aromatic rings. The minimum atomic E-state index is -1.23. The number of carbonyl (C=O) groups excluding carboxylic acids is 3. The van der Waals surface area contributed by atoms with Crippen LogP contribution in [0.25, 0.3) is 0 Å². The monoisotopic (exact) mass is 409 g/mol. The third-order valence-electron chi connectivity index (χ3n) is 4.26. The number of amides is 1. The normalized spacial score (nSPS) is 11.4. The maximum atomic E-state index is 13.6. The van der Waals surface area contributed by atoms with Gasteiger partial charge in [0.05, 0.1) is 11.3 Å². The lowest BCUT2D eigenvalue weighted by atomic mass is 10.0. The summed E-state index contributed by atoms with van der Waals surface area (Å²) >= 11 is 0. The van der Waals surface area contributed by atoms with Gasteiger partial charge >= 0.3 is 5.97 Å². The van der Waals surface area contributed by atoms with E-state index in [0.717, 1.165) is 12.1 Å². The van der Waals surface area contributed by atoms with Gasteiger partial charge in [-0.05, 0) is 31.2 Å². The van der Waals surface area contributed by atoms with Crippen LogP contribution < -0.4 is 5.32 Å². The smallest absolute Gasteiger partial charge is 0.338 e. The van der Waals surface area contributed by atoms with Gasteiger partial charge in [-0.25, -0.2) is 13.6 Å². The molecular formula is C23H17F2NO4. The lowest BCUT2D eigenvalue weighted by molar-refractivity contribution is -0.123. The van der Waals surface area contributed by atoms with Crippen LogP contribution in [0, 0.1) is 11.6 Å². The van der Waals surface area contributed by atoms with Crippen molar-refractivity contribution in [2.24, 2.45) is 0 Å². The summed E-state index contributed by atoms with van der Waals surface area (Å²) in [7, 11) is 0. The van der Waals surface area contributed by atoms with E-state index < -0.39 is 29.6 Å². The molecule has 0 spiro atoms. The molecule has 5 nitrogen and oxygen atoms in total. The van der Waals surface area contributed by atoms with Gasteiger partial charge in [0.1, 0.15) is 11.6 Å². The molecule has 30 heavy (non-hydrogen) atoms. The van der Waals surface area contributed by atoms with Crippen LogP contribution in [-0.4, -0.2) is 23.8 Å². The van der Waals surface area contributed by atoms with E-state index in [0.29, 0.717) is 17.2 Å². The number of benzene rings is 3. The van der Waals surface area contributed by atoms with Crippen LogP contribution >= 0.6 is 0 Å². The zero-order valence-corrected chi connectivity index (χ0v) is 15.9. The van der Waals surface area contributed by atoms with E-state index in [-0.39, 0.29) is 17.0 Å². The Balaban J connectivity index is 1.62. The van der Waals surface area contributed by atoms with E-state index in [9.17, 15) is 23.2 Å². The van der Waals surface area contributed by atoms with Crippen molar-refractivity contribution in [2.75, 3.05) is 5.32 Å². The van der Waals surface area contributed by atoms with E-state index in [2.05, 4.69) is 5.32 Å². The van der Waals surface area contributed by atoms with Crippen molar-refractivity contribution in [3.63, 3.8) is 0 Å². The summed E-state index contributed by atoms with van der Waals surface area (Å²) in [6.07, 6.45) is -1.23. The summed E-state index contributed by atoms with van der Waals surface area (Å²) in [5.74, 6) is -3.47. The van der Waals surface area contributed by atoms with Crippen molar-refractivity contribution in [2.45, 2.75) is 13.0 Å². The van der Waals surface area contributed by atoms with Gasteiger partial charge in [-0.3, -0.25) is 9.59 Å². The third-order valence-corrected chi connectivity index (χ3v) is 4.26. The van der Waals surface area contributed by atoms with Crippen LogP contribution in [0.5, 0.6) is 0 Å². The molecule has 0 fully saturated rings.